The Morgan fingerprint density at radius 3 is 2.54 bits per heavy atom. The maximum absolute atomic E-state index is 5.42. The zero-order valence-corrected chi connectivity index (χ0v) is 21.1. The summed E-state index contributed by atoms with van der Waals surface area (Å²) < 4.78 is 7.62. The van der Waals surface area contributed by atoms with Crippen LogP contribution in [0.1, 0.15) is 30.1 Å². The summed E-state index contributed by atoms with van der Waals surface area (Å²) in [5, 5.41) is 9.56. The highest BCUT2D eigenvalue weighted by Gasteiger charge is 2.24. The molecule has 4 aromatic heterocycles. The largest absolute Gasteiger partial charge is 0.461 e. The number of hydrogen-bond acceptors (Lipinski definition) is 6. The molecule has 0 spiro atoms. The van der Waals surface area contributed by atoms with Crippen LogP contribution in [0.15, 0.2) is 89.0 Å². The molecular weight excluding hydrogens is 480 g/mol. The lowest BCUT2D eigenvalue weighted by atomic mass is 9.95. The van der Waals surface area contributed by atoms with Gasteiger partial charge in [0.15, 0.2) is 10.7 Å². The van der Waals surface area contributed by atoms with Crippen LogP contribution in [0.3, 0.4) is 0 Å². The summed E-state index contributed by atoms with van der Waals surface area (Å²) in [6.45, 7) is 3.03. The molecule has 1 fully saturated rings. The van der Waals surface area contributed by atoms with Gasteiger partial charge in [-0.25, -0.2) is 9.97 Å². The summed E-state index contributed by atoms with van der Waals surface area (Å²) in [5.41, 5.74) is 5.83. The second-order valence-electron chi connectivity index (χ2n) is 9.50. The Kier molecular flexibility index (Phi) is 5.68. The van der Waals surface area contributed by atoms with Gasteiger partial charge in [-0.15, -0.1) is 11.3 Å². The molecule has 0 atom stereocenters. The lowest BCUT2D eigenvalue weighted by molar-refractivity contribution is 0.202. The third-order valence-corrected chi connectivity index (χ3v) is 7.92. The molecule has 1 N–H and O–H groups in total. The van der Waals surface area contributed by atoms with Crippen LogP contribution >= 0.6 is 11.3 Å². The molecule has 7 rings (SSSR count). The second kappa shape index (κ2) is 9.46. The Labute approximate surface area is 218 Å². The van der Waals surface area contributed by atoms with E-state index in [4.69, 9.17) is 9.40 Å². The molecule has 8 heteroatoms. The molecule has 6 aromatic rings. The second-order valence-corrected chi connectivity index (χ2v) is 10.4. The number of nitrogens with zero attached hydrogens (tertiary/aromatic N) is 5. The van der Waals surface area contributed by atoms with Crippen LogP contribution in [0.2, 0.25) is 0 Å². The molecule has 1 aliphatic rings. The number of nitrogens with one attached hydrogen (secondary N) is 1. The van der Waals surface area contributed by atoms with Gasteiger partial charge >= 0.3 is 0 Å². The molecule has 0 aliphatic carbocycles. The van der Waals surface area contributed by atoms with E-state index in [1.165, 1.54) is 11.1 Å². The normalized spacial score (nSPS) is 15.0. The number of aromatic amines is 1. The molecule has 37 heavy (non-hydrogen) atoms. The van der Waals surface area contributed by atoms with Crippen molar-refractivity contribution in [3.63, 3.8) is 0 Å². The van der Waals surface area contributed by atoms with Crippen LogP contribution in [0, 0.1) is 0 Å². The summed E-state index contributed by atoms with van der Waals surface area (Å²) in [7, 11) is 0. The first-order chi connectivity index (χ1) is 18.3. The van der Waals surface area contributed by atoms with Crippen LogP contribution < -0.4 is 0 Å². The molecule has 0 unspecified atom stereocenters. The van der Waals surface area contributed by atoms with Gasteiger partial charge in [0.2, 0.25) is 5.82 Å². The average molecular weight is 507 g/mol. The third-order valence-electron chi connectivity index (χ3n) is 7.16. The van der Waals surface area contributed by atoms with Gasteiger partial charge in [-0.1, -0.05) is 54.6 Å². The number of likely N-dealkylation sites (tertiary alicyclic amines) is 1. The lowest BCUT2D eigenvalue weighted by Crippen LogP contribution is -2.32. The number of imidazole rings is 1. The van der Waals surface area contributed by atoms with E-state index in [0.717, 1.165) is 60.2 Å². The fourth-order valence-electron chi connectivity index (χ4n) is 5.22. The average Bonchev–Trinajstić information content (AvgIpc) is 3.75. The predicted molar refractivity (Wildman–Crippen MR) is 145 cm³/mol. The number of H-pyrrole nitrogens is 1. The number of rotatable bonds is 6. The molecule has 0 saturated carbocycles. The summed E-state index contributed by atoms with van der Waals surface area (Å²) in [5.74, 6) is 2.70. The number of furan rings is 1. The van der Waals surface area contributed by atoms with Gasteiger partial charge < -0.3 is 4.42 Å². The zero-order chi connectivity index (χ0) is 24.6. The molecule has 1 saturated heterocycles. The Bertz CT molecular complexity index is 1610. The first-order valence-corrected chi connectivity index (χ1v) is 13.5. The fraction of sp³-hybridized carbons (Fsp3) is 0.207. The Morgan fingerprint density at radius 2 is 1.76 bits per heavy atom. The van der Waals surface area contributed by atoms with Gasteiger partial charge in [-0.2, -0.15) is 5.10 Å². The Morgan fingerprint density at radius 1 is 0.919 bits per heavy atom. The Hall–Kier alpha value is -4.01. The third kappa shape index (κ3) is 4.28. The van der Waals surface area contributed by atoms with E-state index in [1.54, 1.807) is 17.6 Å². The zero-order valence-electron chi connectivity index (χ0n) is 20.2. The van der Waals surface area contributed by atoms with Crippen LogP contribution in [0.25, 0.3) is 39.1 Å². The number of piperidine rings is 1. The highest BCUT2D eigenvalue weighted by atomic mass is 32.1. The van der Waals surface area contributed by atoms with Crippen molar-refractivity contribution < 1.29 is 4.42 Å². The van der Waals surface area contributed by atoms with E-state index >= 15 is 0 Å². The summed E-state index contributed by atoms with van der Waals surface area (Å²) >= 11 is 1.67. The molecule has 7 nitrogen and oxygen atoms in total. The summed E-state index contributed by atoms with van der Waals surface area (Å²) in [6, 6.07) is 23.2. The minimum Gasteiger partial charge on any atom is -0.461 e. The molecule has 184 valence electrons. The maximum Gasteiger partial charge on any atom is 0.216 e. The van der Waals surface area contributed by atoms with Gasteiger partial charge in [0.25, 0.3) is 0 Å². The van der Waals surface area contributed by atoms with Gasteiger partial charge in [-0.3, -0.25) is 14.4 Å². The molecular formula is C29H26N6OS. The van der Waals surface area contributed by atoms with Crippen LogP contribution in [-0.2, 0) is 6.54 Å². The maximum atomic E-state index is 5.42. The molecule has 5 heterocycles. The molecule has 0 amide bonds. The minimum absolute atomic E-state index is 0.404. The van der Waals surface area contributed by atoms with Gasteiger partial charge in [-0.05, 0) is 43.6 Å². The van der Waals surface area contributed by atoms with E-state index in [-0.39, 0.29) is 0 Å². The van der Waals surface area contributed by atoms with Crippen molar-refractivity contribution in [2.45, 2.75) is 25.3 Å². The monoisotopic (exact) mass is 506 g/mol. The first kappa shape index (κ1) is 22.2. The smallest absolute Gasteiger partial charge is 0.216 e. The molecule has 1 aliphatic heterocycles. The topological polar surface area (TPSA) is 75.2 Å². The SMILES string of the molecule is c1ccc(-c2c(-c3ccc(CN4CCC(c5nc(-c6ccco6)n[nH]5)CC4)cc3)nc3sccn23)cc1. The van der Waals surface area contributed by atoms with E-state index in [9.17, 15) is 0 Å². The van der Waals surface area contributed by atoms with Gasteiger partial charge in [0.1, 0.15) is 5.82 Å². The molecule has 0 bridgehead atoms. The Balaban J connectivity index is 1.03. The molecule has 0 radical (unpaired) electrons. The van der Waals surface area contributed by atoms with Gasteiger partial charge in [0, 0.05) is 35.2 Å². The van der Waals surface area contributed by atoms with Crippen molar-refractivity contribution in [1.82, 2.24) is 29.5 Å². The van der Waals surface area contributed by atoms with Crippen LogP contribution in [0.4, 0.5) is 0 Å². The van der Waals surface area contributed by atoms with Crippen molar-refractivity contribution in [3.8, 4) is 34.1 Å². The van der Waals surface area contributed by atoms with Crippen molar-refractivity contribution in [2.75, 3.05) is 13.1 Å². The van der Waals surface area contributed by atoms with E-state index in [0.29, 0.717) is 17.5 Å². The van der Waals surface area contributed by atoms with Crippen molar-refractivity contribution >= 4 is 16.3 Å². The standard InChI is InChI=1S/C29H26N6OS/c1-2-5-22(6-3-1)26-25(30-29-35(26)16-18-37-29)21-10-8-20(9-11-21)19-34-14-12-23(13-15-34)27-31-28(33-32-27)24-7-4-17-36-24/h1-11,16-18,23H,12-15,19H2,(H,31,32,33). The highest BCUT2D eigenvalue weighted by Crippen LogP contribution is 2.34. The summed E-state index contributed by atoms with van der Waals surface area (Å²) in [4.78, 5) is 13.2. The van der Waals surface area contributed by atoms with Crippen molar-refractivity contribution in [1.29, 1.82) is 0 Å². The number of hydrogen-bond donors (Lipinski definition) is 1. The number of benzene rings is 2. The predicted octanol–water partition coefficient (Wildman–Crippen LogP) is 6.49. The fourth-order valence-corrected chi connectivity index (χ4v) is 5.94. The first-order valence-electron chi connectivity index (χ1n) is 12.6. The number of aromatic nitrogens is 5. The van der Waals surface area contributed by atoms with Crippen molar-refractivity contribution in [3.05, 3.63) is 96.0 Å². The number of thiazole rings is 1. The van der Waals surface area contributed by atoms with Crippen LogP contribution in [-0.4, -0.2) is 42.6 Å². The lowest BCUT2D eigenvalue weighted by Gasteiger charge is -2.30. The minimum atomic E-state index is 0.404. The van der Waals surface area contributed by atoms with E-state index in [1.807, 2.05) is 12.1 Å². The van der Waals surface area contributed by atoms with Crippen molar-refractivity contribution in [2.24, 2.45) is 0 Å². The summed E-state index contributed by atoms with van der Waals surface area (Å²) in [6.07, 6.45) is 5.89. The number of fused-ring (bicyclic) bond motifs is 1. The quantitative estimate of drug-likeness (QED) is 0.280. The van der Waals surface area contributed by atoms with E-state index in [2.05, 4.69) is 90.7 Å². The molecule has 2 aromatic carbocycles. The van der Waals surface area contributed by atoms with E-state index < -0.39 is 0 Å². The highest BCUT2D eigenvalue weighted by molar-refractivity contribution is 7.15. The van der Waals surface area contributed by atoms with Gasteiger partial charge in [0.05, 0.1) is 17.7 Å². The van der Waals surface area contributed by atoms with Crippen LogP contribution in [0.5, 0.6) is 0 Å².